The van der Waals surface area contributed by atoms with Crippen LogP contribution in [0.5, 0.6) is 0 Å². The second-order valence-electron chi connectivity index (χ2n) is 4.11. The van der Waals surface area contributed by atoms with Crippen molar-refractivity contribution >= 4 is 50.7 Å². The maximum absolute atomic E-state index is 11.3. The zero-order valence-corrected chi connectivity index (χ0v) is 13.8. The third kappa shape index (κ3) is 3.90. The van der Waals surface area contributed by atoms with Crippen LogP contribution in [-0.4, -0.2) is 13.3 Å². The van der Waals surface area contributed by atoms with Crippen LogP contribution in [0.4, 0.5) is 5.69 Å². The van der Waals surface area contributed by atoms with Gasteiger partial charge in [-0.15, -0.1) is 0 Å². The fourth-order valence-corrected chi connectivity index (χ4v) is 3.41. The zero-order chi connectivity index (χ0) is 16.5. The van der Waals surface area contributed by atoms with Gasteiger partial charge in [-0.3, -0.25) is 10.1 Å². The number of sulfonamides is 1. The summed E-state index contributed by atoms with van der Waals surface area (Å²) in [5.74, 6) is 0. The molecule has 0 aliphatic heterocycles. The van der Waals surface area contributed by atoms with Crippen LogP contribution >= 0.6 is 35.0 Å². The quantitative estimate of drug-likeness (QED) is 0.644. The van der Waals surface area contributed by atoms with Gasteiger partial charge in [-0.1, -0.05) is 35.0 Å². The van der Waals surface area contributed by atoms with E-state index in [1.807, 2.05) is 0 Å². The molecule has 10 heteroatoms. The first-order valence-corrected chi connectivity index (χ1v) is 8.74. The highest BCUT2D eigenvalue weighted by Gasteiger charge is 2.20. The van der Waals surface area contributed by atoms with Crippen molar-refractivity contribution < 1.29 is 13.3 Å². The van der Waals surface area contributed by atoms with Gasteiger partial charge >= 0.3 is 0 Å². The molecule has 0 fully saturated rings. The van der Waals surface area contributed by atoms with E-state index in [4.69, 9.17) is 28.3 Å². The summed E-state index contributed by atoms with van der Waals surface area (Å²) in [6.45, 7) is 0. The van der Waals surface area contributed by atoms with Crippen LogP contribution in [0.25, 0.3) is 0 Å². The maximum Gasteiger partial charge on any atom is 0.284 e. The number of rotatable bonds is 4. The Kier molecular flexibility index (Phi) is 4.98. The predicted octanol–water partition coefficient (Wildman–Crippen LogP) is 3.70. The summed E-state index contributed by atoms with van der Waals surface area (Å²) in [5.41, 5.74) is -0.359. The lowest BCUT2D eigenvalue weighted by molar-refractivity contribution is -0.388. The Morgan fingerprint density at radius 1 is 1.09 bits per heavy atom. The van der Waals surface area contributed by atoms with E-state index in [2.05, 4.69) is 0 Å². The van der Waals surface area contributed by atoms with Crippen molar-refractivity contribution in [3.8, 4) is 0 Å². The first-order valence-electron chi connectivity index (χ1n) is 5.62. The topological polar surface area (TPSA) is 103 Å². The second-order valence-corrected chi connectivity index (χ2v) is 7.60. The minimum Gasteiger partial charge on any atom is -0.258 e. The van der Waals surface area contributed by atoms with E-state index in [1.54, 1.807) is 18.2 Å². The summed E-state index contributed by atoms with van der Waals surface area (Å²) in [5, 5.41) is 16.8. The molecule has 22 heavy (non-hydrogen) atoms. The average molecular weight is 379 g/mol. The predicted molar refractivity (Wildman–Crippen MR) is 85.1 cm³/mol. The first-order chi connectivity index (χ1) is 10.2. The normalized spacial score (nSPS) is 11.4. The lowest BCUT2D eigenvalue weighted by atomic mass is 10.3. The first kappa shape index (κ1) is 17.0. The molecule has 2 aromatic carbocycles. The lowest BCUT2D eigenvalue weighted by Crippen LogP contribution is -2.12. The van der Waals surface area contributed by atoms with Crippen LogP contribution in [0, 0.1) is 10.1 Å². The van der Waals surface area contributed by atoms with E-state index < -0.39 is 14.9 Å². The van der Waals surface area contributed by atoms with Crippen molar-refractivity contribution in [2.45, 2.75) is 14.7 Å². The van der Waals surface area contributed by atoms with E-state index in [-0.39, 0.29) is 15.5 Å². The SMILES string of the molecule is NS(=O)(=O)c1ccc(Sc2ccc(Cl)c(Cl)c2)c([N+](=O)[O-])c1. The van der Waals surface area contributed by atoms with E-state index in [0.29, 0.717) is 14.9 Å². The van der Waals surface area contributed by atoms with Crippen molar-refractivity contribution in [3.63, 3.8) is 0 Å². The van der Waals surface area contributed by atoms with Gasteiger partial charge < -0.3 is 0 Å². The molecule has 0 spiro atoms. The van der Waals surface area contributed by atoms with Crippen LogP contribution in [0.2, 0.25) is 10.0 Å². The van der Waals surface area contributed by atoms with E-state index in [0.717, 1.165) is 17.8 Å². The molecule has 0 aliphatic rings. The van der Waals surface area contributed by atoms with Gasteiger partial charge in [-0.25, -0.2) is 13.6 Å². The average Bonchev–Trinajstić information content (AvgIpc) is 2.42. The Balaban J connectivity index is 2.46. The molecule has 0 unspecified atom stereocenters. The van der Waals surface area contributed by atoms with Gasteiger partial charge in [0.2, 0.25) is 10.0 Å². The molecular weight excluding hydrogens is 371 g/mol. The summed E-state index contributed by atoms with van der Waals surface area (Å²) in [6, 6.07) is 8.24. The third-order valence-corrected chi connectivity index (χ3v) is 5.28. The maximum atomic E-state index is 11.3. The van der Waals surface area contributed by atoms with Gasteiger partial charge in [0.1, 0.15) is 0 Å². The number of nitrogens with zero attached hydrogens (tertiary/aromatic N) is 1. The molecule has 2 N–H and O–H groups in total. The number of hydrogen-bond acceptors (Lipinski definition) is 5. The van der Waals surface area contributed by atoms with Crippen molar-refractivity contribution in [2.75, 3.05) is 0 Å². The van der Waals surface area contributed by atoms with Crippen molar-refractivity contribution in [1.29, 1.82) is 0 Å². The van der Waals surface area contributed by atoms with Gasteiger partial charge in [-0.05, 0) is 30.3 Å². The van der Waals surface area contributed by atoms with E-state index in [1.165, 1.54) is 12.1 Å². The monoisotopic (exact) mass is 378 g/mol. The molecule has 0 radical (unpaired) electrons. The number of halogens is 2. The second kappa shape index (κ2) is 6.43. The van der Waals surface area contributed by atoms with Gasteiger partial charge in [0, 0.05) is 11.0 Å². The Bertz CT molecular complexity index is 856. The number of nitro benzene ring substituents is 1. The summed E-state index contributed by atoms with van der Waals surface area (Å²) >= 11 is 12.8. The minimum absolute atomic E-state index is 0.260. The van der Waals surface area contributed by atoms with Crippen LogP contribution in [-0.2, 0) is 10.0 Å². The Morgan fingerprint density at radius 3 is 2.32 bits per heavy atom. The standard InChI is InChI=1S/C12H8Cl2N2O4S2/c13-9-3-1-7(5-10(9)14)21-12-4-2-8(22(15,19)20)6-11(12)16(17)18/h1-6H,(H2,15,19,20). The van der Waals surface area contributed by atoms with Gasteiger partial charge in [0.25, 0.3) is 5.69 Å². The molecule has 6 nitrogen and oxygen atoms in total. The molecule has 0 saturated carbocycles. The third-order valence-electron chi connectivity index (χ3n) is 2.57. The van der Waals surface area contributed by atoms with Crippen molar-refractivity contribution in [2.24, 2.45) is 5.14 Å². The van der Waals surface area contributed by atoms with E-state index >= 15 is 0 Å². The molecule has 2 aromatic rings. The molecule has 0 bridgehead atoms. The Labute approximate surface area is 140 Å². The number of benzene rings is 2. The smallest absolute Gasteiger partial charge is 0.258 e. The van der Waals surface area contributed by atoms with Gasteiger partial charge in [-0.2, -0.15) is 0 Å². The Morgan fingerprint density at radius 2 is 1.77 bits per heavy atom. The van der Waals surface area contributed by atoms with Gasteiger partial charge in [0.15, 0.2) is 0 Å². The lowest BCUT2D eigenvalue weighted by Gasteiger charge is -2.06. The number of nitrogens with two attached hydrogens (primary N) is 1. The minimum atomic E-state index is -4.01. The van der Waals surface area contributed by atoms with Crippen LogP contribution in [0.15, 0.2) is 51.1 Å². The number of nitro groups is 1. The molecule has 0 atom stereocenters. The molecule has 0 aliphatic carbocycles. The Hall–Kier alpha value is -1.32. The molecular formula is C12H8Cl2N2O4S2. The van der Waals surface area contributed by atoms with Crippen molar-refractivity contribution in [3.05, 3.63) is 56.6 Å². The number of hydrogen-bond donors (Lipinski definition) is 1. The summed E-state index contributed by atoms with van der Waals surface area (Å²) < 4.78 is 22.6. The fraction of sp³-hybridized carbons (Fsp3) is 0. The van der Waals surface area contributed by atoms with Gasteiger partial charge in [0.05, 0.1) is 24.8 Å². The molecule has 2 rings (SSSR count). The number of primary sulfonamides is 1. The summed E-state index contributed by atoms with van der Waals surface area (Å²) in [6.07, 6.45) is 0. The fourth-order valence-electron chi connectivity index (χ4n) is 1.57. The molecule has 0 saturated heterocycles. The molecule has 0 aromatic heterocycles. The summed E-state index contributed by atoms with van der Waals surface area (Å²) in [4.78, 5) is 11.0. The zero-order valence-electron chi connectivity index (χ0n) is 10.7. The highest BCUT2D eigenvalue weighted by atomic mass is 35.5. The highest BCUT2D eigenvalue weighted by Crippen LogP contribution is 2.38. The van der Waals surface area contributed by atoms with Crippen LogP contribution in [0.3, 0.4) is 0 Å². The van der Waals surface area contributed by atoms with Crippen molar-refractivity contribution in [1.82, 2.24) is 0 Å². The molecule has 0 heterocycles. The summed E-state index contributed by atoms with van der Waals surface area (Å²) in [7, 11) is -4.01. The highest BCUT2D eigenvalue weighted by molar-refractivity contribution is 7.99. The van der Waals surface area contributed by atoms with Crippen LogP contribution in [0.1, 0.15) is 0 Å². The molecule has 0 amide bonds. The van der Waals surface area contributed by atoms with Crippen LogP contribution < -0.4 is 5.14 Å². The molecule has 116 valence electrons. The largest absolute Gasteiger partial charge is 0.284 e. The van der Waals surface area contributed by atoms with E-state index in [9.17, 15) is 18.5 Å².